The number of carbonyl (C=O) groups excluding carboxylic acids is 1. The van der Waals surface area contributed by atoms with E-state index in [-0.39, 0.29) is 11.1 Å². The molecule has 2 aromatic heterocycles. The molecule has 1 amide bonds. The van der Waals surface area contributed by atoms with E-state index in [9.17, 15) is 4.79 Å². The van der Waals surface area contributed by atoms with Crippen LogP contribution in [0, 0.1) is 0 Å². The lowest BCUT2D eigenvalue weighted by molar-refractivity contribution is 0.102. The number of aromatic nitrogens is 3. The summed E-state index contributed by atoms with van der Waals surface area (Å²) in [5.41, 5.74) is 0.379. The van der Waals surface area contributed by atoms with Crippen molar-refractivity contribution in [3.05, 3.63) is 46.6 Å². The Bertz CT molecular complexity index is 544. The average molecular weight is 269 g/mol. The Balaban J connectivity index is 2.14. The minimum Gasteiger partial charge on any atom is -0.306 e. The van der Waals surface area contributed by atoms with Crippen LogP contribution in [-0.4, -0.2) is 20.9 Å². The van der Waals surface area contributed by atoms with Gasteiger partial charge in [0.05, 0.1) is 5.56 Å². The van der Waals surface area contributed by atoms with Gasteiger partial charge in [0.2, 0.25) is 0 Å². The van der Waals surface area contributed by atoms with E-state index in [2.05, 4.69) is 20.3 Å². The summed E-state index contributed by atoms with van der Waals surface area (Å²) >= 11 is 11.3. The Morgan fingerprint density at radius 3 is 2.59 bits per heavy atom. The van der Waals surface area contributed by atoms with Crippen molar-refractivity contribution in [2.45, 2.75) is 0 Å². The van der Waals surface area contributed by atoms with Gasteiger partial charge in [0.15, 0.2) is 0 Å². The Morgan fingerprint density at radius 2 is 1.94 bits per heavy atom. The number of carbonyl (C=O) groups is 1. The second-order valence-electron chi connectivity index (χ2n) is 3.05. The Morgan fingerprint density at radius 1 is 1.12 bits per heavy atom. The minimum absolute atomic E-state index is 0.254. The molecule has 0 aliphatic heterocycles. The second-order valence-corrected chi connectivity index (χ2v) is 3.82. The number of hydrogen-bond acceptors (Lipinski definition) is 4. The molecule has 0 fully saturated rings. The van der Waals surface area contributed by atoms with Gasteiger partial charge in [-0.05, 0) is 12.1 Å². The van der Waals surface area contributed by atoms with Crippen molar-refractivity contribution in [3.8, 4) is 0 Å². The standard InChI is InChI=1S/C10H6Cl2N4O/c11-7-2-1-6(4-13-7)10(17)16-9-3-8(12)14-5-15-9/h1-5H,(H,14,15,16,17). The van der Waals surface area contributed by atoms with Gasteiger partial charge in [-0.25, -0.2) is 15.0 Å². The number of nitrogens with one attached hydrogen (secondary N) is 1. The molecule has 2 rings (SSSR count). The molecule has 2 heterocycles. The van der Waals surface area contributed by atoms with Crippen molar-refractivity contribution < 1.29 is 4.79 Å². The Hall–Kier alpha value is -1.72. The second kappa shape index (κ2) is 5.07. The lowest BCUT2D eigenvalue weighted by Crippen LogP contribution is -2.13. The highest BCUT2D eigenvalue weighted by Crippen LogP contribution is 2.11. The average Bonchev–Trinajstić information content (AvgIpc) is 2.29. The normalized spacial score (nSPS) is 10.0. The first-order valence-corrected chi connectivity index (χ1v) is 5.31. The van der Waals surface area contributed by atoms with Crippen LogP contribution in [0.4, 0.5) is 5.82 Å². The van der Waals surface area contributed by atoms with Gasteiger partial charge in [-0.1, -0.05) is 23.2 Å². The van der Waals surface area contributed by atoms with E-state index >= 15 is 0 Å². The third kappa shape index (κ3) is 3.12. The quantitative estimate of drug-likeness (QED) is 0.671. The van der Waals surface area contributed by atoms with Crippen LogP contribution in [0.25, 0.3) is 0 Å². The zero-order valence-corrected chi connectivity index (χ0v) is 9.90. The Labute approximate surface area is 107 Å². The number of anilines is 1. The fourth-order valence-corrected chi connectivity index (χ4v) is 1.36. The summed E-state index contributed by atoms with van der Waals surface area (Å²) in [6.07, 6.45) is 2.64. The summed E-state index contributed by atoms with van der Waals surface area (Å²) in [6, 6.07) is 4.54. The lowest BCUT2D eigenvalue weighted by Gasteiger charge is -2.03. The molecule has 0 aliphatic rings. The highest BCUT2D eigenvalue weighted by atomic mass is 35.5. The number of rotatable bonds is 2. The highest BCUT2D eigenvalue weighted by Gasteiger charge is 2.07. The van der Waals surface area contributed by atoms with E-state index in [0.717, 1.165) is 0 Å². The monoisotopic (exact) mass is 268 g/mol. The van der Waals surface area contributed by atoms with Crippen molar-refractivity contribution >= 4 is 34.9 Å². The summed E-state index contributed by atoms with van der Waals surface area (Å²) in [7, 11) is 0. The smallest absolute Gasteiger partial charge is 0.258 e. The van der Waals surface area contributed by atoms with Gasteiger partial charge in [0.25, 0.3) is 5.91 Å². The molecular formula is C10H6Cl2N4O. The number of halogens is 2. The zero-order valence-electron chi connectivity index (χ0n) is 8.39. The van der Waals surface area contributed by atoms with Gasteiger partial charge in [-0.3, -0.25) is 4.79 Å². The highest BCUT2D eigenvalue weighted by molar-refractivity contribution is 6.30. The van der Waals surface area contributed by atoms with Gasteiger partial charge in [0.1, 0.15) is 22.5 Å². The van der Waals surface area contributed by atoms with Crippen LogP contribution >= 0.6 is 23.2 Å². The fraction of sp³-hybridized carbons (Fsp3) is 0. The molecule has 0 aromatic carbocycles. The molecule has 0 spiro atoms. The summed E-state index contributed by atoms with van der Waals surface area (Å²) in [4.78, 5) is 23.1. The van der Waals surface area contributed by atoms with Gasteiger partial charge >= 0.3 is 0 Å². The van der Waals surface area contributed by atoms with E-state index in [1.165, 1.54) is 24.7 Å². The maximum absolute atomic E-state index is 11.7. The van der Waals surface area contributed by atoms with Crippen LogP contribution in [0.5, 0.6) is 0 Å². The predicted molar refractivity (Wildman–Crippen MR) is 64.2 cm³/mol. The van der Waals surface area contributed by atoms with Crippen LogP contribution in [-0.2, 0) is 0 Å². The van der Waals surface area contributed by atoms with Crippen LogP contribution in [0.3, 0.4) is 0 Å². The third-order valence-corrected chi connectivity index (χ3v) is 2.30. The lowest BCUT2D eigenvalue weighted by atomic mass is 10.3. The summed E-state index contributed by atoms with van der Waals surface area (Å²) in [6.45, 7) is 0. The van der Waals surface area contributed by atoms with Crippen molar-refractivity contribution in [2.75, 3.05) is 5.32 Å². The summed E-state index contributed by atoms with van der Waals surface area (Å²) < 4.78 is 0. The van der Waals surface area contributed by atoms with E-state index in [1.54, 1.807) is 6.07 Å². The molecule has 86 valence electrons. The largest absolute Gasteiger partial charge is 0.306 e. The number of amides is 1. The first-order chi connectivity index (χ1) is 8.15. The van der Waals surface area contributed by atoms with Crippen LogP contribution in [0.2, 0.25) is 10.3 Å². The maximum atomic E-state index is 11.7. The number of nitrogens with zero attached hydrogens (tertiary/aromatic N) is 3. The molecule has 0 saturated heterocycles. The van der Waals surface area contributed by atoms with Gasteiger partial charge < -0.3 is 5.32 Å². The molecule has 7 heteroatoms. The fourth-order valence-electron chi connectivity index (χ4n) is 1.10. The molecule has 0 bridgehead atoms. The predicted octanol–water partition coefficient (Wildman–Crippen LogP) is 2.43. The molecule has 0 atom stereocenters. The molecule has 0 unspecified atom stereocenters. The summed E-state index contributed by atoms with van der Waals surface area (Å²) in [5.74, 6) is -0.0196. The van der Waals surface area contributed by atoms with Gasteiger partial charge in [0, 0.05) is 12.3 Å². The van der Waals surface area contributed by atoms with Gasteiger partial charge in [-0.2, -0.15) is 0 Å². The molecule has 0 saturated carbocycles. The van der Waals surface area contributed by atoms with Crippen molar-refractivity contribution in [3.63, 3.8) is 0 Å². The van der Waals surface area contributed by atoms with Gasteiger partial charge in [-0.15, -0.1) is 0 Å². The summed E-state index contributed by atoms with van der Waals surface area (Å²) in [5, 5.41) is 3.14. The molecule has 0 aliphatic carbocycles. The molecule has 0 radical (unpaired) electrons. The number of hydrogen-bond donors (Lipinski definition) is 1. The van der Waals surface area contributed by atoms with Crippen LogP contribution in [0.1, 0.15) is 10.4 Å². The number of pyridine rings is 1. The van der Waals surface area contributed by atoms with E-state index < -0.39 is 0 Å². The first kappa shape index (κ1) is 11.8. The maximum Gasteiger partial charge on any atom is 0.258 e. The van der Waals surface area contributed by atoms with E-state index in [0.29, 0.717) is 16.5 Å². The molecular weight excluding hydrogens is 263 g/mol. The first-order valence-electron chi connectivity index (χ1n) is 4.55. The van der Waals surface area contributed by atoms with E-state index in [4.69, 9.17) is 23.2 Å². The third-order valence-electron chi connectivity index (χ3n) is 1.86. The molecule has 1 N–H and O–H groups in total. The Kier molecular flexibility index (Phi) is 3.51. The zero-order chi connectivity index (χ0) is 12.3. The molecule has 5 nitrogen and oxygen atoms in total. The SMILES string of the molecule is O=C(Nc1cc(Cl)ncn1)c1ccc(Cl)nc1. The van der Waals surface area contributed by atoms with Crippen molar-refractivity contribution in [1.82, 2.24) is 15.0 Å². The van der Waals surface area contributed by atoms with Crippen LogP contribution < -0.4 is 5.32 Å². The van der Waals surface area contributed by atoms with Crippen LogP contribution in [0.15, 0.2) is 30.7 Å². The minimum atomic E-state index is -0.344. The molecule has 17 heavy (non-hydrogen) atoms. The van der Waals surface area contributed by atoms with Crippen molar-refractivity contribution in [2.24, 2.45) is 0 Å². The topological polar surface area (TPSA) is 67.8 Å². The van der Waals surface area contributed by atoms with Crippen molar-refractivity contribution in [1.29, 1.82) is 0 Å². The van der Waals surface area contributed by atoms with E-state index in [1.807, 2.05) is 0 Å². The molecule has 2 aromatic rings.